The second-order valence-electron chi connectivity index (χ2n) is 5.45. The van der Waals surface area contributed by atoms with Gasteiger partial charge in [0.1, 0.15) is 5.82 Å². The van der Waals surface area contributed by atoms with Crippen molar-refractivity contribution in [3.63, 3.8) is 0 Å². The first-order valence-electron chi connectivity index (χ1n) is 6.11. The predicted octanol–water partition coefficient (Wildman–Crippen LogP) is 2.32. The molecule has 0 saturated carbocycles. The first-order chi connectivity index (χ1) is 8.36. The maximum absolute atomic E-state index is 13.5. The molecule has 0 aliphatic carbocycles. The molecule has 0 aromatic heterocycles. The van der Waals surface area contributed by atoms with Crippen LogP contribution in [0.3, 0.4) is 0 Å². The molecule has 0 aliphatic heterocycles. The fourth-order valence-corrected chi connectivity index (χ4v) is 1.77. The van der Waals surface area contributed by atoms with Crippen LogP contribution in [0.15, 0.2) is 24.3 Å². The normalized spacial score (nSPS) is 13.2. The Kier molecular flexibility index (Phi) is 4.84. The van der Waals surface area contributed by atoms with E-state index in [2.05, 4.69) is 5.32 Å². The van der Waals surface area contributed by atoms with Crippen LogP contribution >= 0.6 is 0 Å². The van der Waals surface area contributed by atoms with Crippen LogP contribution in [-0.2, 0) is 0 Å². The molecule has 100 valence electrons. The standard InChI is InChI=1S/C14H21FN2O/c1-14(2,3)12(8-9-16)17-13(18)10-6-4-5-7-11(10)15/h4-7,12H,8-9,16H2,1-3H3,(H,17,18). The number of nitrogens with two attached hydrogens (primary N) is 1. The number of hydrogen-bond donors (Lipinski definition) is 2. The van der Waals surface area contributed by atoms with Gasteiger partial charge in [0.05, 0.1) is 5.56 Å². The highest BCUT2D eigenvalue weighted by molar-refractivity contribution is 5.94. The van der Waals surface area contributed by atoms with E-state index >= 15 is 0 Å². The van der Waals surface area contributed by atoms with Crippen LogP contribution < -0.4 is 11.1 Å². The van der Waals surface area contributed by atoms with Gasteiger partial charge in [-0.15, -0.1) is 0 Å². The van der Waals surface area contributed by atoms with E-state index in [-0.39, 0.29) is 22.9 Å². The molecular formula is C14H21FN2O. The number of amides is 1. The molecule has 3 N–H and O–H groups in total. The van der Waals surface area contributed by atoms with Crippen molar-refractivity contribution in [1.82, 2.24) is 5.32 Å². The van der Waals surface area contributed by atoms with E-state index in [1.165, 1.54) is 12.1 Å². The minimum atomic E-state index is -0.504. The number of carbonyl (C=O) groups is 1. The molecule has 0 heterocycles. The lowest BCUT2D eigenvalue weighted by Gasteiger charge is -2.31. The SMILES string of the molecule is CC(C)(C)C(CCN)NC(=O)c1ccccc1F. The second-order valence-corrected chi connectivity index (χ2v) is 5.45. The Morgan fingerprint density at radius 1 is 1.39 bits per heavy atom. The third kappa shape index (κ3) is 3.81. The van der Waals surface area contributed by atoms with Crippen molar-refractivity contribution in [1.29, 1.82) is 0 Å². The van der Waals surface area contributed by atoms with Crippen LogP contribution in [0, 0.1) is 11.2 Å². The molecule has 4 heteroatoms. The van der Waals surface area contributed by atoms with Crippen molar-refractivity contribution in [2.75, 3.05) is 6.54 Å². The van der Waals surface area contributed by atoms with Gasteiger partial charge < -0.3 is 11.1 Å². The van der Waals surface area contributed by atoms with Crippen molar-refractivity contribution in [3.05, 3.63) is 35.6 Å². The lowest BCUT2D eigenvalue weighted by Crippen LogP contribution is -2.45. The lowest BCUT2D eigenvalue weighted by atomic mass is 9.84. The summed E-state index contributed by atoms with van der Waals surface area (Å²) in [6.45, 7) is 6.55. The average Bonchev–Trinajstić information content (AvgIpc) is 2.27. The third-order valence-electron chi connectivity index (χ3n) is 2.92. The molecule has 0 fully saturated rings. The number of hydrogen-bond acceptors (Lipinski definition) is 2. The minimum Gasteiger partial charge on any atom is -0.349 e. The number of nitrogens with one attached hydrogen (secondary N) is 1. The van der Waals surface area contributed by atoms with Gasteiger partial charge in [-0.1, -0.05) is 32.9 Å². The summed E-state index contributed by atoms with van der Waals surface area (Å²) in [6.07, 6.45) is 0.670. The van der Waals surface area contributed by atoms with Crippen molar-refractivity contribution in [2.24, 2.45) is 11.1 Å². The predicted molar refractivity (Wildman–Crippen MR) is 70.8 cm³/mol. The van der Waals surface area contributed by atoms with Crippen molar-refractivity contribution >= 4 is 5.91 Å². The van der Waals surface area contributed by atoms with E-state index in [9.17, 15) is 9.18 Å². The maximum Gasteiger partial charge on any atom is 0.254 e. The van der Waals surface area contributed by atoms with Crippen molar-refractivity contribution in [2.45, 2.75) is 33.2 Å². The number of benzene rings is 1. The monoisotopic (exact) mass is 252 g/mol. The van der Waals surface area contributed by atoms with E-state index < -0.39 is 5.82 Å². The van der Waals surface area contributed by atoms with Gasteiger partial charge in [-0.05, 0) is 30.5 Å². The fraction of sp³-hybridized carbons (Fsp3) is 0.500. The van der Waals surface area contributed by atoms with Gasteiger partial charge in [0.2, 0.25) is 0 Å². The number of halogens is 1. The molecule has 0 saturated heterocycles. The van der Waals surface area contributed by atoms with Crippen molar-refractivity contribution < 1.29 is 9.18 Å². The summed E-state index contributed by atoms with van der Waals surface area (Å²) < 4.78 is 13.5. The van der Waals surface area contributed by atoms with Crippen LogP contribution in [0.1, 0.15) is 37.6 Å². The van der Waals surface area contributed by atoms with Crippen molar-refractivity contribution in [3.8, 4) is 0 Å². The summed E-state index contributed by atoms with van der Waals surface area (Å²) in [6, 6.07) is 5.89. The maximum atomic E-state index is 13.5. The minimum absolute atomic E-state index is 0.0729. The average molecular weight is 252 g/mol. The molecule has 18 heavy (non-hydrogen) atoms. The van der Waals surface area contributed by atoms with Crippen LogP contribution in [0.2, 0.25) is 0 Å². The zero-order valence-electron chi connectivity index (χ0n) is 11.2. The van der Waals surface area contributed by atoms with E-state index in [1.54, 1.807) is 12.1 Å². The van der Waals surface area contributed by atoms with E-state index in [4.69, 9.17) is 5.73 Å². The highest BCUT2D eigenvalue weighted by Crippen LogP contribution is 2.22. The van der Waals surface area contributed by atoms with Gasteiger partial charge >= 0.3 is 0 Å². The number of rotatable bonds is 4. The van der Waals surface area contributed by atoms with E-state index in [0.29, 0.717) is 13.0 Å². The zero-order valence-corrected chi connectivity index (χ0v) is 11.2. The zero-order chi connectivity index (χ0) is 13.8. The summed E-state index contributed by atoms with van der Waals surface area (Å²) in [5, 5.41) is 2.86. The molecule has 1 aromatic carbocycles. The van der Waals surface area contributed by atoms with Crippen LogP contribution in [-0.4, -0.2) is 18.5 Å². The summed E-state index contributed by atoms with van der Waals surface area (Å²) in [7, 11) is 0. The molecular weight excluding hydrogens is 231 g/mol. The highest BCUT2D eigenvalue weighted by atomic mass is 19.1. The van der Waals surface area contributed by atoms with Gasteiger partial charge in [-0.25, -0.2) is 4.39 Å². The Hall–Kier alpha value is -1.42. The summed E-state index contributed by atoms with van der Waals surface area (Å²) >= 11 is 0. The molecule has 0 radical (unpaired) electrons. The topological polar surface area (TPSA) is 55.1 Å². The molecule has 1 unspecified atom stereocenters. The van der Waals surface area contributed by atoms with Gasteiger partial charge in [0.25, 0.3) is 5.91 Å². The Bertz CT molecular complexity index is 413. The van der Waals surface area contributed by atoms with E-state index in [0.717, 1.165) is 0 Å². The third-order valence-corrected chi connectivity index (χ3v) is 2.92. The Morgan fingerprint density at radius 2 is 2.00 bits per heavy atom. The summed E-state index contributed by atoms with van der Waals surface area (Å²) in [4.78, 5) is 12.0. The quantitative estimate of drug-likeness (QED) is 0.864. The Labute approximate surface area is 108 Å². The van der Waals surface area contributed by atoms with Crippen LogP contribution in [0.4, 0.5) is 4.39 Å². The summed E-state index contributed by atoms with van der Waals surface area (Å²) in [5.74, 6) is -0.892. The van der Waals surface area contributed by atoms with E-state index in [1.807, 2.05) is 20.8 Å². The molecule has 1 amide bonds. The van der Waals surface area contributed by atoms with Crippen LogP contribution in [0.25, 0.3) is 0 Å². The molecule has 0 bridgehead atoms. The van der Waals surface area contributed by atoms with Crippen LogP contribution in [0.5, 0.6) is 0 Å². The van der Waals surface area contributed by atoms with Gasteiger partial charge in [-0.3, -0.25) is 4.79 Å². The first-order valence-corrected chi connectivity index (χ1v) is 6.11. The molecule has 1 rings (SSSR count). The fourth-order valence-electron chi connectivity index (χ4n) is 1.77. The first kappa shape index (κ1) is 14.6. The van der Waals surface area contributed by atoms with Gasteiger partial charge in [0, 0.05) is 6.04 Å². The van der Waals surface area contributed by atoms with Gasteiger partial charge in [-0.2, -0.15) is 0 Å². The van der Waals surface area contributed by atoms with Gasteiger partial charge in [0.15, 0.2) is 0 Å². The second kappa shape index (κ2) is 5.96. The molecule has 0 spiro atoms. The molecule has 1 atom stereocenters. The largest absolute Gasteiger partial charge is 0.349 e. The molecule has 1 aromatic rings. The Morgan fingerprint density at radius 3 is 2.50 bits per heavy atom. The molecule has 3 nitrogen and oxygen atoms in total. The summed E-state index contributed by atoms with van der Waals surface area (Å²) in [5.41, 5.74) is 5.51. The Balaban J connectivity index is 2.82. The smallest absolute Gasteiger partial charge is 0.254 e. The lowest BCUT2D eigenvalue weighted by molar-refractivity contribution is 0.0894. The highest BCUT2D eigenvalue weighted by Gasteiger charge is 2.26. The molecule has 0 aliphatic rings. The number of carbonyl (C=O) groups excluding carboxylic acids is 1.